The minimum absolute atomic E-state index is 0.142. The van der Waals surface area contributed by atoms with E-state index in [1.807, 2.05) is 0 Å². The van der Waals surface area contributed by atoms with Crippen LogP contribution in [-0.4, -0.2) is 12.5 Å². The Morgan fingerprint density at radius 3 is 2.04 bits per heavy atom. The summed E-state index contributed by atoms with van der Waals surface area (Å²) in [7, 11) is 0. The molecule has 0 radical (unpaired) electrons. The van der Waals surface area contributed by atoms with Crippen molar-refractivity contribution in [2.75, 3.05) is 6.54 Å². The van der Waals surface area contributed by atoms with Crippen molar-refractivity contribution in [3.8, 4) is 0 Å². The first-order valence-corrected chi connectivity index (χ1v) is 9.26. The lowest BCUT2D eigenvalue weighted by molar-refractivity contribution is -0.121. The van der Waals surface area contributed by atoms with Crippen molar-refractivity contribution >= 4 is 5.91 Å². The molecule has 0 atom stereocenters. The highest BCUT2D eigenvalue weighted by Crippen LogP contribution is 2.22. The Labute approximate surface area is 152 Å². The molecule has 1 N–H and O–H groups in total. The molecule has 2 aromatic rings. The number of aryl methyl sites for hydroxylation is 3. The molecule has 25 heavy (non-hydrogen) atoms. The molecule has 2 nitrogen and oxygen atoms in total. The Kier molecular flexibility index (Phi) is 6.81. The molecule has 0 saturated heterocycles. The van der Waals surface area contributed by atoms with Crippen molar-refractivity contribution in [2.24, 2.45) is 0 Å². The number of hydrogen-bond acceptors (Lipinski definition) is 1. The summed E-state index contributed by atoms with van der Waals surface area (Å²) in [5, 5.41) is 3.03. The number of hydrogen-bond donors (Lipinski definition) is 1. The monoisotopic (exact) mass is 337 g/mol. The van der Waals surface area contributed by atoms with Crippen LogP contribution in [-0.2, 0) is 23.1 Å². The average Bonchev–Trinajstić information content (AvgIpc) is 2.58. The number of carbonyl (C=O) groups is 1. The Morgan fingerprint density at radius 1 is 0.880 bits per heavy atom. The zero-order valence-corrected chi connectivity index (χ0v) is 16.1. The molecule has 134 valence electrons. The van der Waals surface area contributed by atoms with E-state index in [2.05, 4.69) is 81.5 Å². The highest BCUT2D eigenvalue weighted by atomic mass is 16.1. The van der Waals surface area contributed by atoms with Gasteiger partial charge in [0.25, 0.3) is 0 Å². The summed E-state index contributed by atoms with van der Waals surface area (Å²) in [5.41, 5.74) is 5.35. The van der Waals surface area contributed by atoms with E-state index in [4.69, 9.17) is 0 Å². The summed E-state index contributed by atoms with van der Waals surface area (Å²) in [6.07, 6.45) is 3.34. The van der Waals surface area contributed by atoms with E-state index in [0.717, 1.165) is 25.8 Å². The van der Waals surface area contributed by atoms with Crippen LogP contribution in [0.1, 0.15) is 55.9 Å². The zero-order valence-electron chi connectivity index (χ0n) is 16.1. The summed E-state index contributed by atoms with van der Waals surface area (Å²) >= 11 is 0. The molecule has 0 fully saturated rings. The Hall–Kier alpha value is -2.09. The standard InChI is InChI=1S/C23H31NO/c1-18-7-9-19(10-8-18)6-5-17-24-22(25)16-13-20-11-14-21(15-12-20)23(2,3)4/h7-12,14-15H,5-6,13,16-17H2,1-4H3,(H,24,25). The molecular weight excluding hydrogens is 306 g/mol. The predicted octanol–water partition coefficient (Wildman–Crippen LogP) is 4.97. The van der Waals surface area contributed by atoms with Crippen LogP contribution in [0.25, 0.3) is 0 Å². The summed E-state index contributed by atoms with van der Waals surface area (Å²) in [4.78, 5) is 12.0. The highest BCUT2D eigenvalue weighted by molar-refractivity contribution is 5.76. The summed E-state index contributed by atoms with van der Waals surface area (Å²) in [5.74, 6) is 0.142. The molecular formula is C23H31NO. The lowest BCUT2D eigenvalue weighted by Crippen LogP contribution is -2.25. The molecule has 0 unspecified atom stereocenters. The summed E-state index contributed by atoms with van der Waals surface area (Å²) < 4.78 is 0. The molecule has 2 rings (SSSR count). The van der Waals surface area contributed by atoms with Gasteiger partial charge in [0.2, 0.25) is 5.91 Å². The summed E-state index contributed by atoms with van der Waals surface area (Å²) in [6, 6.07) is 17.2. The van der Waals surface area contributed by atoms with Gasteiger partial charge in [0.15, 0.2) is 0 Å². The van der Waals surface area contributed by atoms with Gasteiger partial charge in [0.1, 0.15) is 0 Å². The molecule has 0 spiro atoms. The average molecular weight is 338 g/mol. The van der Waals surface area contributed by atoms with Crippen LogP contribution >= 0.6 is 0 Å². The zero-order chi connectivity index (χ0) is 18.3. The SMILES string of the molecule is Cc1ccc(CCCNC(=O)CCc2ccc(C(C)(C)C)cc2)cc1. The van der Waals surface area contributed by atoms with Gasteiger partial charge in [-0.05, 0) is 48.3 Å². The highest BCUT2D eigenvalue weighted by Gasteiger charge is 2.12. The maximum absolute atomic E-state index is 12.0. The number of amides is 1. The number of carbonyl (C=O) groups excluding carboxylic acids is 1. The van der Waals surface area contributed by atoms with Crippen LogP contribution in [0.2, 0.25) is 0 Å². The smallest absolute Gasteiger partial charge is 0.220 e. The van der Waals surface area contributed by atoms with Gasteiger partial charge in [0, 0.05) is 13.0 Å². The van der Waals surface area contributed by atoms with Crippen molar-refractivity contribution in [1.29, 1.82) is 0 Å². The van der Waals surface area contributed by atoms with Crippen LogP contribution in [0.15, 0.2) is 48.5 Å². The van der Waals surface area contributed by atoms with Crippen LogP contribution in [0.3, 0.4) is 0 Å². The molecule has 0 aliphatic carbocycles. The van der Waals surface area contributed by atoms with Crippen LogP contribution in [0.5, 0.6) is 0 Å². The molecule has 0 heterocycles. The van der Waals surface area contributed by atoms with E-state index in [1.54, 1.807) is 0 Å². The molecule has 2 heteroatoms. The predicted molar refractivity (Wildman–Crippen MR) is 106 cm³/mol. The van der Waals surface area contributed by atoms with E-state index >= 15 is 0 Å². The fraction of sp³-hybridized carbons (Fsp3) is 0.435. The van der Waals surface area contributed by atoms with Gasteiger partial charge in [0.05, 0.1) is 0 Å². The van der Waals surface area contributed by atoms with Crippen molar-refractivity contribution in [3.05, 3.63) is 70.8 Å². The fourth-order valence-electron chi connectivity index (χ4n) is 2.79. The van der Waals surface area contributed by atoms with Crippen molar-refractivity contribution in [2.45, 2.75) is 58.8 Å². The van der Waals surface area contributed by atoms with Gasteiger partial charge in [-0.15, -0.1) is 0 Å². The molecule has 1 amide bonds. The fourth-order valence-corrected chi connectivity index (χ4v) is 2.79. The van der Waals surface area contributed by atoms with Crippen LogP contribution < -0.4 is 5.32 Å². The number of benzene rings is 2. The van der Waals surface area contributed by atoms with E-state index in [0.29, 0.717) is 6.42 Å². The minimum Gasteiger partial charge on any atom is -0.356 e. The van der Waals surface area contributed by atoms with Crippen molar-refractivity contribution in [1.82, 2.24) is 5.32 Å². The maximum Gasteiger partial charge on any atom is 0.220 e. The third-order valence-electron chi connectivity index (χ3n) is 4.55. The first-order valence-electron chi connectivity index (χ1n) is 9.26. The van der Waals surface area contributed by atoms with Crippen LogP contribution in [0, 0.1) is 6.92 Å². The Balaban J connectivity index is 1.66. The van der Waals surface area contributed by atoms with Crippen LogP contribution in [0.4, 0.5) is 0 Å². The van der Waals surface area contributed by atoms with Crippen molar-refractivity contribution < 1.29 is 4.79 Å². The quantitative estimate of drug-likeness (QED) is 0.710. The normalized spacial score (nSPS) is 11.4. The van der Waals surface area contributed by atoms with Gasteiger partial charge in [-0.25, -0.2) is 0 Å². The largest absolute Gasteiger partial charge is 0.356 e. The maximum atomic E-state index is 12.0. The topological polar surface area (TPSA) is 29.1 Å². The Bertz CT molecular complexity index is 663. The van der Waals surface area contributed by atoms with Gasteiger partial charge < -0.3 is 5.32 Å². The van der Waals surface area contributed by atoms with E-state index < -0.39 is 0 Å². The lowest BCUT2D eigenvalue weighted by Gasteiger charge is -2.19. The third-order valence-corrected chi connectivity index (χ3v) is 4.55. The first-order chi connectivity index (χ1) is 11.8. The second-order valence-corrected chi connectivity index (χ2v) is 7.89. The van der Waals surface area contributed by atoms with Gasteiger partial charge in [-0.1, -0.05) is 74.9 Å². The minimum atomic E-state index is 0.142. The second-order valence-electron chi connectivity index (χ2n) is 7.89. The van der Waals surface area contributed by atoms with E-state index in [9.17, 15) is 4.79 Å². The number of nitrogens with one attached hydrogen (secondary N) is 1. The van der Waals surface area contributed by atoms with Gasteiger partial charge >= 0.3 is 0 Å². The second kappa shape index (κ2) is 8.84. The van der Waals surface area contributed by atoms with E-state index in [1.165, 1.54) is 22.3 Å². The molecule has 2 aromatic carbocycles. The first kappa shape index (κ1) is 19.2. The lowest BCUT2D eigenvalue weighted by atomic mass is 9.86. The molecule has 0 aliphatic heterocycles. The number of rotatable bonds is 7. The van der Waals surface area contributed by atoms with E-state index in [-0.39, 0.29) is 11.3 Å². The summed E-state index contributed by atoms with van der Waals surface area (Å²) in [6.45, 7) is 9.49. The molecule has 0 bridgehead atoms. The Morgan fingerprint density at radius 2 is 1.44 bits per heavy atom. The molecule has 0 aromatic heterocycles. The van der Waals surface area contributed by atoms with Gasteiger partial charge in [-0.3, -0.25) is 4.79 Å². The van der Waals surface area contributed by atoms with Gasteiger partial charge in [-0.2, -0.15) is 0 Å². The molecule has 0 aliphatic rings. The van der Waals surface area contributed by atoms with Crippen molar-refractivity contribution in [3.63, 3.8) is 0 Å². The molecule has 0 saturated carbocycles. The third kappa shape index (κ3) is 6.74.